The van der Waals surface area contributed by atoms with E-state index in [-0.39, 0.29) is 34.6 Å². The Balaban J connectivity index is 1.83. The molecule has 1 aromatic heterocycles. The van der Waals surface area contributed by atoms with Gasteiger partial charge in [-0.3, -0.25) is 9.00 Å². The predicted molar refractivity (Wildman–Crippen MR) is 119 cm³/mol. The number of amides is 1. The lowest BCUT2D eigenvalue weighted by Crippen LogP contribution is -2.28. The van der Waals surface area contributed by atoms with Crippen molar-refractivity contribution in [2.75, 3.05) is 11.4 Å². The van der Waals surface area contributed by atoms with E-state index in [2.05, 4.69) is 10.3 Å². The van der Waals surface area contributed by atoms with Crippen molar-refractivity contribution in [1.29, 1.82) is 0 Å². The van der Waals surface area contributed by atoms with Crippen LogP contribution in [0.3, 0.4) is 0 Å². The van der Waals surface area contributed by atoms with Crippen molar-refractivity contribution in [3.8, 4) is 11.3 Å². The van der Waals surface area contributed by atoms with Crippen molar-refractivity contribution in [2.24, 2.45) is 0 Å². The fraction of sp³-hybridized carbons (Fsp3) is 0.217. The van der Waals surface area contributed by atoms with E-state index in [1.165, 1.54) is 31.2 Å². The van der Waals surface area contributed by atoms with Crippen molar-refractivity contribution < 1.29 is 35.5 Å². The molecule has 0 saturated heterocycles. The number of hydrogen-bond donors (Lipinski definition) is 1. The number of aromatic nitrogens is 1. The molecule has 2 unspecified atom stereocenters. The lowest BCUT2D eigenvalue weighted by Gasteiger charge is -2.22. The van der Waals surface area contributed by atoms with Gasteiger partial charge in [0.1, 0.15) is 17.3 Å². The summed E-state index contributed by atoms with van der Waals surface area (Å²) in [4.78, 5) is 16.3. The standard InChI is InChI=1S/C23H20F5N3O3S/c1-13(14-6-8-19(18(25)11-14)31(2)35(33)34)22(32)29-12-16-7-9-20(23(26,27)28)30-21(16)15-4-3-5-17(24)10-15/h3-11,13H,12H2,1-2H3,(H,29,32)(H,33,34)/p-1. The summed E-state index contributed by atoms with van der Waals surface area (Å²) in [5, 5.41) is 2.57. The molecule has 3 aromatic rings. The summed E-state index contributed by atoms with van der Waals surface area (Å²) in [6.45, 7) is 1.26. The summed E-state index contributed by atoms with van der Waals surface area (Å²) in [5.41, 5.74) is -0.942. The Hall–Kier alpha value is -3.38. The predicted octanol–water partition coefficient (Wildman–Crippen LogP) is 4.70. The number of nitrogens with zero attached hydrogens (tertiary/aromatic N) is 2. The number of pyridine rings is 1. The van der Waals surface area contributed by atoms with Gasteiger partial charge in [-0.05, 0) is 48.4 Å². The van der Waals surface area contributed by atoms with Crippen LogP contribution in [0.4, 0.5) is 27.6 Å². The molecule has 2 aromatic carbocycles. The van der Waals surface area contributed by atoms with Crippen LogP contribution in [0.1, 0.15) is 29.7 Å². The lowest BCUT2D eigenvalue weighted by molar-refractivity contribution is -0.141. The molecule has 0 spiro atoms. The molecule has 0 radical (unpaired) electrons. The largest absolute Gasteiger partial charge is 0.755 e. The molecular weight excluding hydrogens is 493 g/mol. The minimum Gasteiger partial charge on any atom is -0.755 e. The van der Waals surface area contributed by atoms with E-state index in [1.54, 1.807) is 0 Å². The van der Waals surface area contributed by atoms with Crippen molar-refractivity contribution in [3.05, 3.63) is 83.1 Å². The Morgan fingerprint density at radius 2 is 1.86 bits per heavy atom. The van der Waals surface area contributed by atoms with Crippen molar-refractivity contribution in [1.82, 2.24) is 10.3 Å². The summed E-state index contributed by atoms with van der Waals surface area (Å²) >= 11 is -2.68. The monoisotopic (exact) mass is 512 g/mol. The Morgan fingerprint density at radius 3 is 2.46 bits per heavy atom. The zero-order chi connectivity index (χ0) is 25.9. The Labute approximate surface area is 200 Å². The number of carbonyl (C=O) groups is 1. The molecule has 6 nitrogen and oxygen atoms in total. The molecule has 186 valence electrons. The third-order valence-electron chi connectivity index (χ3n) is 5.25. The zero-order valence-electron chi connectivity index (χ0n) is 18.4. The fourth-order valence-electron chi connectivity index (χ4n) is 3.29. The van der Waals surface area contributed by atoms with Gasteiger partial charge in [0.25, 0.3) is 0 Å². The van der Waals surface area contributed by atoms with Gasteiger partial charge in [0, 0.05) is 30.4 Å². The topological polar surface area (TPSA) is 85.4 Å². The van der Waals surface area contributed by atoms with E-state index in [1.807, 2.05) is 0 Å². The second kappa shape index (κ2) is 10.5. The Bertz CT molecular complexity index is 1270. The summed E-state index contributed by atoms with van der Waals surface area (Å²) in [7, 11) is 1.16. The first-order chi connectivity index (χ1) is 16.4. The minimum absolute atomic E-state index is 0.103. The van der Waals surface area contributed by atoms with Gasteiger partial charge in [-0.2, -0.15) is 13.2 Å². The van der Waals surface area contributed by atoms with Crippen molar-refractivity contribution >= 4 is 22.9 Å². The van der Waals surface area contributed by atoms with Crippen LogP contribution in [-0.4, -0.2) is 26.7 Å². The molecule has 0 aliphatic carbocycles. The van der Waals surface area contributed by atoms with Crippen LogP contribution < -0.4 is 9.62 Å². The highest BCUT2D eigenvalue weighted by molar-refractivity contribution is 7.80. The van der Waals surface area contributed by atoms with Gasteiger partial charge in [0.2, 0.25) is 5.91 Å². The number of benzene rings is 2. The van der Waals surface area contributed by atoms with Crippen LogP contribution in [-0.2, 0) is 28.8 Å². The molecule has 3 rings (SSSR count). The second-order valence-electron chi connectivity index (χ2n) is 7.58. The van der Waals surface area contributed by atoms with Gasteiger partial charge < -0.3 is 14.2 Å². The molecule has 12 heteroatoms. The highest BCUT2D eigenvalue weighted by Crippen LogP contribution is 2.32. The third-order valence-corrected chi connectivity index (χ3v) is 5.89. The Kier molecular flexibility index (Phi) is 7.86. The first kappa shape index (κ1) is 26.2. The normalized spacial score (nSPS) is 13.3. The minimum atomic E-state index is -4.72. The first-order valence-electron chi connectivity index (χ1n) is 10.1. The van der Waals surface area contributed by atoms with Crippen LogP contribution in [0.15, 0.2) is 54.6 Å². The van der Waals surface area contributed by atoms with Crippen molar-refractivity contribution in [3.63, 3.8) is 0 Å². The number of anilines is 1. The molecule has 0 saturated carbocycles. The quantitative estimate of drug-likeness (QED) is 0.368. The van der Waals surface area contributed by atoms with Crippen LogP contribution in [0.25, 0.3) is 11.3 Å². The number of alkyl halides is 3. The van der Waals surface area contributed by atoms with Gasteiger partial charge in [-0.15, -0.1) is 0 Å². The lowest BCUT2D eigenvalue weighted by atomic mass is 9.99. The molecule has 0 fully saturated rings. The average molecular weight is 512 g/mol. The third kappa shape index (κ3) is 6.20. The molecule has 1 amide bonds. The summed E-state index contributed by atoms with van der Waals surface area (Å²) in [6.07, 6.45) is -4.72. The Morgan fingerprint density at radius 1 is 1.14 bits per heavy atom. The van der Waals surface area contributed by atoms with Gasteiger partial charge in [0.15, 0.2) is 0 Å². The SMILES string of the molecule is CC(C(=O)NCc1ccc(C(F)(F)F)nc1-c1cccc(F)c1)c1ccc(N(C)S(=O)[O-])c(F)c1. The van der Waals surface area contributed by atoms with Crippen LogP contribution in [0.5, 0.6) is 0 Å². The number of hydrogen-bond acceptors (Lipinski definition) is 4. The molecule has 0 bridgehead atoms. The van der Waals surface area contributed by atoms with Gasteiger partial charge in [-0.1, -0.05) is 24.3 Å². The number of rotatable bonds is 7. The number of halogens is 5. The average Bonchev–Trinajstić information content (AvgIpc) is 2.80. The summed E-state index contributed by atoms with van der Waals surface area (Å²) in [6, 6.07) is 10.4. The molecule has 35 heavy (non-hydrogen) atoms. The van der Waals surface area contributed by atoms with Crippen LogP contribution in [0.2, 0.25) is 0 Å². The van der Waals surface area contributed by atoms with Crippen molar-refractivity contribution in [2.45, 2.75) is 25.6 Å². The molecule has 0 aliphatic heterocycles. The molecular formula is C23H19F5N3O3S-. The maximum atomic E-state index is 14.4. The number of nitrogens with one attached hydrogen (secondary N) is 1. The van der Waals surface area contributed by atoms with Crippen LogP contribution in [0, 0.1) is 11.6 Å². The highest BCUT2D eigenvalue weighted by Gasteiger charge is 2.33. The maximum Gasteiger partial charge on any atom is 0.433 e. The second-order valence-corrected chi connectivity index (χ2v) is 8.56. The summed E-state index contributed by atoms with van der Waals surface area (Å²) < 4.78 is 90.4. The molecule has 1 N–H and O–H groups in total. The number of carbonyl (C=O) groups excluding carboxylic acids is 1. The maximum absolute atomic E-state index is 14.4. The van der Waals surface area contributed by atoms with Crippen LogP contribution >= 0.6 is 0 Å². The molecule has 1 heterocycles. The van der Waals surface area contributed by atoms with E-state index in [9.17, 15) is 35.5 Å². The zero-order valence-corrected chi connectivity index (χ0v) is 19.2. The summed E-state index contributed by atoms with van der Waals surface area (Å²) in [5.74, 6) is -2.96. The van der Waals surface area contributed by atoms with Gasteiger partial charge in [-0.25, -0.2) is 13.8 Å². The van der Waals surface area contributed by atoms with Gasteiger partial charge >= 0.3 is 6.18 Å². The molecule has 2 atom stereocenters. The molecule has 0 aliphatic rings. The van der Waals surface area contributed by atoms with Gasteiger partial charge in [0.05, 0.1) is 17.3 Å². The van der Waals surface area contributed by atoms with E-state index in [0.717, 1.165) is 37.4 Å². The fourth-order valence-corrected chi connectivity index (χ4v) is 3.60. The van der Waals surface area contributed by atoms with E-state index < -0.39 is 46.6 Å². The van der Waals surface area contributed by atoms with E-state index in [0.29, 0.717) is 4.31 Å². The van der Waals surface area contributed by atoms with E-state index >= 15 is 0 Å². The smallest absolute Gasteiger partial charge is 0.433 e. The first-order valence-corrected chi connectivity index (χ1v) is 11.1. The van der Waals surface area contributed by atoms with E-state index in [4.69, 9.17) is 0 Å². The highest BCUT2D eigenvalue weighted by atomic mass is 32.2.